The van der Waals surface area contributed by atoms with Crippen molar-refractivity contribution < 1.29 is 92.9 Å². The predicted octanol–water partition coefficient (Wildman–Crippen LogP) is -4.80. The van der Waals surface area contributed by atoms with E-state index in [1.54, 1.807) is 18.2 Å². The van der Waals surface area contributed by atoms with Gasteiger partial charge in [-0.3, -0.25) is 47.9 Å². The second kappa shape index (κ2) is 39.3. The summed E-state index contributed by atoms with van der Waals surface area (Å²) in [5.74, 6) is -18.0. The Morgan fingerprint density at radius 3 is 1.79 bits per heavy atom. The van der Waals surface area contributed by atoms with Gasteiger partial charge in [0.2, 0.25) is 47.3 Å². The van der Waals surface area contributed by atoms with Gasteiger partial charge in [0.15, 0.2) is 12.1 Å². The van der Waals surface area contributed by atoms with Crippen LogP contribution in [0.5, 0.6) is 0 Å². The minimum Gasteiger partial charge on any atom is -0.481 e. The SMILES string of the molecule is C/C=C1\NC(=O)[C@H]([C@H](C)O)NC(=O)[C@@H](CCN)NC(=O)[C@@H](CCCCN)NC(=O)[C@@H](CC(=O)O)NC(=O)[C@@H](CCN)NC(=O)[C@@H](NC(=O)C[C@@H](O)c2cccc(CCCCCCCC)c2)COC(=O)[C@@H]([C@H](O)CCl)NC(=O)[C@H]([C@H](O)C(=O)O)NC1=O. The van der Waals surface area contributed by atoms with Crippen LogP contribution in [0.4, 0.5) is 0 Å². The second-order valence-corrected chi connectivity index (χ2v) is 20.7. The molecule has 482 valence electrons. The number of amides is 9. The van der Waals surface area contributed by atoms with Crippen molar-refractivity contribution in [2.75, 3.05) is 32.1 Å². The minimum absolute atomic E-state index is 0.118. The van der Waals surface area contributed by atoms with Crippen LogP contribution in [0.15, 0.2) is 36.0 Å². The zero-order valence-electron chi connectivity index (χ0n) is 48.4. The highest BCUT2D eigenvalue weighted by atomic mass is 35.5. The first-order valence-corrected chi connectivity index (χ1v) is 28.8. The lowest BCUT2D eigenvalue weighted by molar-refractivity contribution is -0.155. The number of aliphatic hydroxyl groups excluding tert-OH is 4. The van der Waals surface area contributed by atoms with Gasteiger partial charge in [-0.25, -0.2) is 9.59 Å². The number of carboxylic acids is 2. The molecule has 21 N–H and O–H groups in total. The van der Waals surface area contributed by atoms with Crippen molar-refractivity contribution in [2.24, 2.45) is 17.2 Å². The van der Waals surface area contributed by atoms with Crippen LogP contribution < -0.4 is 65.1 Å². The van der Waals surface area contributed by atoms with E-state index in [1.807, 2.05) is 16.7 Å². The fourth-order valence-electron chi connectivity index (χ4n) is 8.58. The molecule has 1 aromatic rings. The van der Waals surface area contributed by atoms with E-state index in [-0.39, 0.29) is 45.3 Å². The van der Waals surface area contributed by atoms with Gasteiger partial charge >= 0.3 is 17.9 Å². The molecule has 0 saturated carbocycles. The number of hydrogen-bond acceptors (Lipinski definition) is 20. The number of aliphatic carboxylic acids is 2. The van der Waals surface area contributed by atoms with Crippen molar-refractivity contribution in [1.29, 1.82) is 0 Å². The number of cyclic esters (lactones) is 1. The molecule has 1 aromatic carbocycles. The number of carbonyl (C=O) groups excluding carboxylic acids is 10. The van der Waals surface area contributed by atoms with Gasteiger partial charge in [0, 0.05) is 0 Å². The van der Waals surface area contributed by atoms with Crippen molar-refractivity contribution >= 4 is 82.7 Å². The van der Waals surface area contributed by atoms with E-state index in [2.05, 4.69) is 44.1 Å². The quantitative estimate of drug-likeness (QED) is 0.0179. The minimum atomic E-state index is -2.84. The molecule has 0 aliphatic carbocycles. The normalized spacial score (nSPS) is 24.0. The summed E-state index contributed by atoms with van der Waals surface area (Å²) in [4.78, 5) is 163. The van der Waals surface area contributed by atoms with Crippen molar-refractivity contribution in [3.8, 4) is 0 Å². The average molecular weight is 1240 g/mol. The number of nitrogens with one attached hydrogen (secondary N) is 9. The monoisotopic (exact) mass is 1240 g/mol. The molecule has 2 rings (SSSR count). The van der Waals surface area contributed by atoms with Crippen LogP contribution in [0.3, 0.4) is 0 Å². The molecule has 32 heteroatoms. The number of benzene rings is 1. The zero-order valence-corrected chi connectivity index (χ0v) is 49.1. The summed E-state index contributed by atoms with van der Waals surface area (Å²) in [6.07, 6.45) is -2.86. The highest BCUT2D eigenvalue weighted by Gasteiger charge is 2.41. The van der Waals surface area contributed by atoms with E-state index in [1.165, 1.54) is 6.92 Å². The molecule has 0 spiro atoms. The molecule has 1 aliphatic heterocycles. The third kappa shape index (κ3) is 25.7. The topological polar surface area (TPSA) is 522 Å². The largest absolute Gasteiger partial charge is 0.481 e. The number of allylic oxidation sites excluding steroid dienone is 1. The number of carbonyl (C=O) groups is 12. The van der Waals surface area contributed by atoms with Gasteiger partial charge in [-0.2, -0.15) is 0 Å². The molecule has 1 saturated heterocycles. The highest BCUT2D eigenvalue weighted by molar-refractivity contribution is 6.18. The summed E-state index contributed by atoms with van der Waals surface area (Å²) < 4.78 is 5.31. The number of alkyl halides is 1. The molecule has 12 atom stereocenters. The van der Waals surface area contributed by atoms with E-state index < -0.39 is 181 Å². The number of esters is 1. The smallest absolute Gasteiger partial charge is 0.335 e. The maximum atomic E-state index is 14.3. The van der Waals surface area contributed by atoms with Crippen LogP contribution in [0, 0.1) is 0 Å². The first kappa shape index (κ1) is 74.7. The van der Waals surface area contributed by atoms with Crippen molar-refractivity contribution in [1.82, 2.24) is 47.9 Å². The van der Waals surface area contributed by atoms with E-state index in [9.17, 15) is 88.2 Å². The number of aliphatic hydroxyl groups is 4. The van der Waals surface area contributed by atoms with Crippen molar-refractivity contribution in [3.05, 3.63) is 47.2 Å². The van der Waals surface area contributed by atoms with Gasteiger partial charge in [-0.05, 0) is 89.6 Å². The fourth-order valence-corrected chi connectivity index (χ4v) is 8.76. The number of aryl methyl sites for hydroxylation is 1. The summed E-state index contributed by atoms with van der Waals surface area (Å²) in [5.41, 5.74) is 17.7. The van der Waals surface area contributed by atoms with E-state index in [0.717, 1.165) is 57.1 Å². The Hall–Kier alpha value is -7.39. The Balaban J connectivity index is 2.82. The Morgan fingerprint density at radius 1 is 0.674 bits per heavy atom. The van der Waals surface area contributed by atoms with E-state index in [4.69, 9.17) is 33.5 Å². The Morgan fingerprint density at radius 2 is 1.23 bits per heavy atom. The molecule has 0 unspecified atom stereocenters. The number of carboxylic acid groups (broad SMARTS) is 2. The molecular weight excluding hydrogens is 1160 g/mol. The van der Waals surface area contributed by atoms with Gasteiger partial charge in [0.25, 0.3) is 5.91 Å². The number of hydrogen-bond donors (Lipinski definition) is 18. The Labute approximate surface area is 501 Å². The van der Waals surface area contributed by atoms with Crippen molar-refractivity contribution in [3.63, 3.8) is 0 Å². The molecular formula is C54H85ClN12O19. The molecule has 86 heavy (non-hydrogen) atoms. The van der Waals surface area contributed by atoms with Gasteiger partial charge in [-0.1, -0.05) is 69.4 Å². The predicted molar refractivity (Wildman–Crippen MR) is 306 cm³/mol. The highest BCUT2D eigenvalue weighted by Crippen LogP contribution is 2.20. The first-order chi connectivity index (χ1) is 40.8. The Kier molecular flexibility index (Phi) is 34.2. The van der Waals surface area contributed by atoms with Gasteiger partial charge in [0.05, 0.1) is 37.0 Å². The van der Waals surface area contributed by atoms with Gasteiger partial charge in [0.1, 0.15) is 54.6 Å². The summed E-state index contributed by atoms with van der Waals surface area (Å²) in [6, 6.07) is -9.17. The molecule has 1 heterocycles. The number of ether oxygens (including phenoxy) is 1. The van der Waals surface area contributed by atoms with E-state index >= 15 is 0 Å². The number of halogens is 1. The number of rotatable bonds is 26. The molecule has 0 aromatic heterocycles. The van der Waals surface area contributed by atoms with E-state index in [0.29, 0.717) is 12.0 Å². The summed E-state index contributed by atoms with van der Waals surface area (Å²) in [6.45, 7) is 2.54. The maximum Gasteiger partial charge on any atom is 0.335 e. The summed E-state index contributed by atoms with van der Waals surface area (Å²) in [5, 5.41) is 82.8. The Bertz CT molecular complexity index is 2510. The van der Waals surface area contributed by atoms with Crippen LogP contribution in [0.1, 0.15) is 121 Å². The molecule has 0 radical (unpaired) electrons. The van der Waals surface area contributed by atoms with Crippen molar-refractivity contribution in [2.45, 2.75) is 183 Å². The lowest BCUT2D eigenvalue weighted by atomic mass is 9.99. The fraction of sp³-hybridized carbons (Fsp3) is 0.630. The zero-order chi connectivity index (χ0) is 64.6. The van der Waals surface area contributed by atoms with Gasteiger partial charge in [-0.15, -0.1) is 11.6 Å². The van der Waals surface area contributed by atoms with Crippen LogP contribution in [-0.2, 0) is 68.7 Å². The van der Waals surface area contributed by atoms with Gasteiger partial charge < -0.3 is 100 Å². The van der Waals surface area contributed by atoms with Crippen LogP contribution in [0.2, 0.25) is 0 Å². The average Bonchev–Trinajstić information content (AvgIpc) is 3.43. The first-order valence-electron chi connectivity index (χ1n) is 28.3. The van der Waals surface area contributed by atoms with Crippen LogP contribution >= 0.6 is 11.6 Å². The molecule has 1 fully saturated rings. The lowest BCUT2D eigenvalue weighted by Crippen LogP contribution is -2.62. The molecule has 9 amide bonds. The molecule has 0 bridgehead atoms. The molecule has 31 nitrogen and oxygen atoms in total. The standard InChI is InChI=1S/C54H85ClN12O19/c1-4-6-7-8-9-10-14-29-15-13-16-30(23-29)37(69)25-39(71)59-36-27-86-54(85)42(38(70)26-55)66-52(82)43(44(74)53(83)84)67-45(75)31(5-2)60-51(81)41(28(3)68)65-48(78)34(19-22-58)62-46(76)32(17-11-12-20-56)61-49(79)35(24-40(72)73)64-47(77)33(18-21-57)63-50(36)80/h5,13,15-16,23,28,32-38,41-44,68-70,74H,4,6-12,14,17-22,24-27,56-58H2,1-3H3,(H,59,71)(H,60,81)(H,61,79)(H,62,76)(H,63,80)(H,64,77)(H,65,78)(H,66,82)(H,67,75)(H,72,73)(H,83,84)/b31-5-/t28-,32+,33+,34+,35+,36-,37+,38+,41-,42+,43-,44-/m0/s1. The third-order valence-corrected chi connectivity index (χ3v) is 13.7. The third-order valence-electron chi connectivity index (χ3n) is 13.4. The summed E-state index contributed by atoms with van der Waals surface area (Å²) >= 11 is 5.88. The second-order valence-electron chi connectivity index (χ2n) is 20.4. The summed E-state index contributed by atoms with van der Waals surface area (Å²) in [7, 11) is 0. The number of unbranched alkanes of at least 4 members (excludes halogenated alkanes) is 6. The molecule has 1 aliphatic rings. The van der Waals surface area contributed by atoms with Crippen LogP contribution in [0.25, 0.3) is 0 Å². The maximum absolute atomic E-state index is 14.3. The lowest BCUT2D eigenvalue weighted by Gasteiger charge is -2.28. The number of nitrogens with two attached hydrogens (primary N) is 3. The van der Waals surface area contributed by atoms with Crippen LogP contribution in [-0.4, -0.2) is 200 Å².